The quantitative estimate of drug-likeness (QED) is 0.844. The van der Waals surface area contributed by atoms with Crippen molar-refractivity contribution >= 4 is 23.2 Å². The van der Waals surface area contributed by atoms with Gasteiger partial charge >= 0.3 is 0 Å². The summed E-state index contributed by atoms with van der Waals surface area (Å²) in [6.07, 6.45) is 0. The number of hydrogen-bond donors (Lipinski definition) is 2. The zero-order valence-electron chi connectivity index (χ0n) is 14.0. The van der Waals surface area contributed by atoms with Crippen LogP contribution in [0.1, 0.15) is 35.2 Å². The predicted octanol–water partition coefficient (Wildman–Crippen LogP) is 4.55. The summed E-state index contributed by atoms with van der Waals surface area (Å²) in [5, 5.41) is 6.94. The van der Waals surface area contributed by atoms with Crippen LogP contribution in [-0.4, -0.2) is 12.5 Å². The van der Waals surface area contributed by atoms with E-state index in [0.29, 0.717) is 5.02 Å². The Morgan fingerprint density at radius 1 is 1.09 bits per heavy atom. The van der Waals surface area contributed by atoms with Crippen molar-refractivity contribution in [1.29, 1.82) is 0 Å². The Morgan fingerprint density at radius 2 is 1.65 bits per heavy atom. The first-order valence-electron chi connectivity index (χ1n) is 7.73. The van der Waals surface area contributed by atoms with Gasteiger partial charge in [-0.25, -0.2) is 0 Å². The third-order valence-electron chi connectivity index (χ3n) is 3.88. The number of hydrogen-bond acceptors (Lipinski definition) is 2. The number of aryl methyl sites for hydroxylation is 3. The smallest absolute Gasteiger partial charge is 0.238 e. The van der Waals surface area contributed by atoms with Crippen molar-refractivity contribution in [3.8, 4) is 0 Å². The lowest BCUT2D eigenvalue weighted by Crippen LogP contribution is -2.30. The van der Waals surface area contributed by atoms with Gasteiger partial charge in [-0.2, -0.15) is 0 Å². The molecule has 23 heavy (non-hydrogen) atoms. The molecule has 0 aliphatic carbocycles. The second-order valence-corrected chi connectivity index (χ2v) is 6.41. The molecular weight excluding hydrogens is 308 g/mol. The maximum atomic E-state index is 12.2. The van der Waals surface area contributed by atoms with Gasteiger partial charge in [-0.1, -0.05) is 41.4 Å². The molecule has 122 valence electrons. The van der Waals surface area contributed by atoms with Gasteiger partial charge in [0.05, 0.1) is 6.54 Å². The highest BCUT2D eigenvalue weighted by Crippen LogP contribution is 2.22. The van der Waals surface area contributed by atoms with Gasteiger partial charge in [-0.05, 0) is 56.5 Å². The van der Waals surface area contributed by atoms with Crippen LogP contribution in [0.15, 0.2) is 36.4 Å². The van der Waals surface area contributed by atoms with Crippen LogP contribution in [0.3, 0.4) is 0 Å². The summed E-state index contributed by atoms with van der Waals surface area (Å²) in [6, 6.07) is 11.9. The molecule has 0 fully saturated rings. The number of benzene rings is 2. The molecule has 4 heteroatoms. The third-order valence-corrected chi connectivity index (χ3v) is 4.13. The largest absolute Gasteiger partial charge is 0.324 e. The molecule has 0 aliphatic rings. The van der Waals surface area contributed by atoms with Gasteiger partial charge < -0.3 is 10.6 Å². The molecule has 0 saturated heterocycles. The van der Waals surface area contributed by atoms with E-state index in [1.807, 2.05) is 45.0 Å². The van der Waals surface area contributed by atoms with E-state index in [1.165, 1.54) is 5.56 Å². The zero-order chi connectivity index (χ0) is 17.0. The van der Waals surface area contributed by atoms with Gasteiger partial charge in [0.2, 0.25) is 5.91 Å². The van der Waals surface area contributed by atoms with E-state index in [4.69, 9.17) is 11.6 Å². The van der Waals surface area contributed by atoms with E-state index >= 15 is 0 Å². The average molecular weight is 331 g/mol. The molecule has 0 unspecified atom stereocenters. The minimum absolute atomic E-state index is 0.0409. The van der Waals surface area contributed by atoms with Crippen molar-refractivity contribution in [1.82, 2.24) is 5.32 Å². The van der Waals surface area contributed by atoms with E-state index in [9.17, 15) is 4.79 Å². The first kappa shape index (κ1) is 17.5. The lowest BCUT2D eigenvalue weighted by atomic mass is 10.1. The van der Waals surface area contributed by atoms with Crippen LogP contribution in [0.25, 0.3) is 0 Å². The fourth-order valence-corrected chi connectivity index (χ4v) is 2.80. The van der Waals surface area contributed by atoms with Crippen molar-refractivity contribution in [2.75, 3.05) is 11.9 Å². The van der Waals surface area contributed by atoms with E-state index in [2.05, 4.69) is 29.7 Å². The standard InChI is InChI=1S/C19H23ClN2O/c1-12-9-13(2)19(14(3)10-12)22-18(23)11-21-15(4)16-5-7-17(20)8-6-16/h5-10,15,21H,11H2,1-4H3,(H,22,23)/t15-/m1/s1. The van der Waals surface area contributed by atoms with Gasteiger partial charge in [0, 0.05) is 16.8 Å². The minimum atomic E-state index is -0.0409. The van der Waals surface area contributed by atoms with Gasteiger partial charge in [-0.3, -0.25) is 4.79 Å². The van der Waals surface area contributed by atoms with E-state index in [0.717, 1.165) is 22.4 Å². The fourth-order valence-electron chi connectivity index (χ4n) is 2.68. The summed E-state index contributed by atoms with van der Waals surface area (Å²) in [5.41, 5.74) is 5.38. The molecule has 0 saturated carbocycles. The molecule has 1 atom stereocenters. The summed E-state index contributed by atoms with van der Waals surface area (Å²) in [6.45, 7) is 8.37. The second-order valence-electron chi connectivity index (χ2n) is 5.98. The SMILES string of the molecule is Cc1cc(C)c(NC(=O)CN[C@H](C)c2ccc(Cl)cc2)c(C)c1. The van der Waals surface area contributed by atoms with E-state index in [-0.39, 0.29) is 18.5 Å². The highest BCUT2D eigenvalue weighted by atomic mass is 35.5. The van der Waals surface area contributed by atoms with Crippen molar-refractivity contribution in [2.24, 2.45) is 0 Å². The summed E-state index contributed by atoms with van der Waals surface area (Å²) >= 11 is 5.89. The Bertz CT molecular complexity index is 672. The van der Waals surface area contributed by atoms with Crippen LogP contribution in [0.5, 0.6) is 0 Å². The van der Waals surface area contributed by atoms with Crippen LogP contribution < -0.4 is 10.6 Å². The van der Waals surface area contributed by atoms with Crippen LogP contribution >= 0.6 is 11.6 Å². The minimum Gasteiger partial charge on any atom is -0.324 e. The molecule has 3 nitrogen and oxygen atoms in total. The second kappa shape index (κ2) is 7.62. The first-order valence-corrected chi connectivity index (χ1v) is 8.11. The lowest BCUT2D eigenvalue weighted by molar-refractivity contribution is -0.115. The maximum absolute atomic E-state index is 12.2. The van der Waals surface area contributed by atoms with Crippen LogP contribution in [0.4, 0.5) is 5.69 Å². The summed E-state index contributed by atoms with van der Waals surface area (Å²) in [5.74, 6) is -0.0409. The summed E-state index contributed by atoms with van der Waals surface area (Å²) in [7, 11) is 0. The molecular formula is C19H23ClN2O. The molecule has 0 radical (unpaired) electrons. The third kappa shape index (κ3) is 4.81. The predicted molar refractivity (Wildman–Crippen MR) is 97.2 cm³/mol. The molecule has 2 N–H and O–H groups in total. The monoisotopic (exact) mass is 330 g/mol. The Hall–Kier alpha value is -1.84. The number of rotatable bonds is 5. The molecule has 1 amide bonds. The number of amides is 1. The molecule has 2 aromatic carbocycles. The summed E-state index contributed by atoms with van der Waals surface area (Å²) in [4.78, 5) is 12.2. The Labute approximate surface area is 143 Å². The Kier molecular flexibility index (Phi) is 5.80. The first-order chi connectivity index (χ1) is 10.9. The van der Waals surface area contributed by atoms with Gasteiger partial charge in [-0.15, -0.1) is 0 Å². The number of nitrogens with one attached hydrogen (secondary N) is 2. The van der Waals surface area contributed by atoms with Crippen LogP contribution in [0, 0.1) is 20.8 Å². The van der Waals surface area contributed by atoms with E-state index < -0.39 is 0 Å². The maximum Gasteiger partial charge on any atom is 0.238 e. The highest BCUT2D eigenvalue weighted by Gasteiger charge is 2.10. The average Bonchev–Trinajstić information content (AvgIpc) is 2.49. The molecule has 0 heterocycles. The van der Waals surface area contributed by atoms with Crippen molar-refractivity contribution < 1.29 is 4.79 Å². The van der Waals surface area contributed by atoms with Crippen molar-refractivity contribution in [3.05, 3.63) is 63.7 Å². The molecule has 2 aromatic rings. The highest BCUT2D eigenvalue weighted by molar-refractivity contribution is 6.30. The topological polar surface area (TPSA) is 41.1 Å². The molecule has 0 bridgehead atoms. The zero-order valence-corrected chi connectivity index (χ0v) is 14.8. The summed E-state index contributed by atoms with van der Waals surface area (Å²) < 4.78 is 0. The number of anilines is 1. The van der Waals surface area contributed by atoms with Crippen LogP contribution in [0.2, 0.25) is 5.02 Å². The Balaban J connectivity index is 1.94. The number of carbonyl (C=O) groups excluding carboxylic acids is 1. The van der Waals surface area contributed by atoms with Gasteiger partial charge in [0.25, 0.3) is 0 Å². The number of halogens is 1. The van der Waals surface area contributed by atoms with Crippen molar-refractivity contribution in [2.45, 2.75) is 33.7 Å². The lowest BCUT2D eigenvalue weighted by Gasteiger charge is -2.16. The van der Waals surface area contributed by atoms with Gasteiger partial charge in [0.1, 0.15) is 0 Å². The molecule has 2 rings (SSSR count). The molecule has 0 aromatic heterocycles. The van der Waals surface area contributed by atoms with Crippen LogP contribution in [-0.2, 0) is 4.79 Å². The van der Waals surface area contributed by atoms with Gasteiger partial charge in [0.15, 0.2) is 0 Å². The molecule has 0 aliphatic heterocycles. The van der Waals surface area contributed by atoms with E-state index in [1.54, 1.807) is 0 Å². The van der Waals surface area contributed by atoms with Crippen molar-refractivity contribution in [3.63, 3.8) is 0 Å². The Morgan fingerprint density at radius 3 is 2.22 bits per heavy atom. The number of carbonyl (C=O) groups is 1. The fraction of sp³-hybridized carbons (Fsp3) is 0.316. The molecule has 0 spiro atoms. The normalized spacial score (nSPS) is 12.0.